The maximum absolute atomic E-state index is 12.8. The number of benzene rings is 1. The topological polar surface area (TPSA) is 93.7 Å². The van der Waals surface area contributed by atoms with Gasteiger partial charge in [0.05, 0.1) is 11.6 Å². The van der Waals surface area contributed by atoms with Crippen molar-refractivity contribution in [2.24, 2.45) is 11.8 Å². The van der Waals surface area contributed by atoms with Crippen LogP contribution in [0.2, 0.25) is 10.0 Å². The third kappa shape index (κ3) is 8.79. The summed E-state index contributed by atoms with van der Waals surface area (Å²) in [6.45, 7) is 9.07. The van der Waals surface area contributed by atoms with E-state index < -0.39 is 29.9 Å². The summed E-state index contributed by atoms with van der Waals surface area (Å²) in [4.78, 5) is 37.3. The van der Waals surface area contributed by atoms with Crippen LogP contribution in [0.1, 0.15) is 41.0 Å². The molecule has 2 N–H and O–H groups in total. The van der Waals surface area contributed by atoms with Crippen LogP contribution >= 0.6 is 23.2 Å². The standard InChI is InChI=1S/C21H30Cl2N2O5/c1-6-29-21(28)19(13(4)5)25-20(27)16(9-12(2)3)24-18(26)11-30-17-8-7-14(22)10-15(17)23/h7-8,10,12-13,16,19H,6,9,11H2,1-5H3,(H,24,26)(H,25,27). The molecule has 0 bridgehead atoms. The van der Waals surface area contributed by atoms with E-state index in [1.54, 1.807) is 19.1 Å². The summed E-state index contributed by atoms with van der Waals surface area (Å²) in [5, 5.41) is 6.09. The Morgan fingerprint density at radius 3 is 2.27 bits per heavy atom. The van der Waals surface area contributed by atoms with Crippen LogP contribution in [0, 0.1) is 11.8 Å². The molecule has 1 rings (SSSR count). The molecular weight excluding hydrogens is 431 g/mol. The molecule has 0 saturated carbocycles. The third-order valence-corrected chi connectivity index (χ3v) is 4.65. The molecule has 7 nitrogen and oxygen atoms in total. The van der Waals surface area contributed by atoms with Gasteiger partial charge in [-0.15, -0.1) is 0 Å². The lowest BCUT2D eigenvalue weighted by molar-refractivity contribution is -0.149. The van der Waals surface area contributed by atoms with E-state index >= 15 is 0 Å². The van der Waals surface area contributed by atoms with Crippen LogP contribution in [-0.2, 0) is 19.1 Å². The molecule has 0 aliphatic carbocycles. The summed E-state index contributed by atoms with van der Waals surface area (Å²) in [7, 11) is 0. The van der Waals surface area contributed by atoms with Crippen molar-refractivity contribution in [3.8, 4) is 5.75 Å². The summed E-state index contributed by atoms with van der Waals surface area (Å²) in [5.41, 5.74) is 0. The number of hydrogen-bond acceptors (Lipinski definition) is 5. The van der Waals surface area contributed by atoms with Crippen LogP contribution in [0.25, 0.3) is 0 Å². The Morgan fingerprint density at radius 1 is 1.07 bits per heavy atom. The van der Waals surface area contributed by atoms with Crippen LogP contribution in [0.4, 0.5) is 0 Å². The number of hydrogen-bond donors (Lipinski definition) is 2. The lowest BCUT2D eigenvalue weighted by Crippen LogP contribution is -2.54. The first-order chi connectivity index (χ1) is 14.0. The van der Waals surface area contributed by atoms with Crippen molar-refractivity contribution < 1.29 is 23.9 Å². The van der Waals surface area contributed by atoms with Crippen LogP contribution in [-0.4, -0.2) is 43.1 Å². The van der Waals surface area contributed by atoms with Gasteiger partial charge in [-0.05, 0) is 43.4 Å². The quantitative estimate of drug-likeness (QED) is 0.491. The Morgan fingerprint density at radius 2 is 1.73 bits per heavy atom. The normalized spacial score (nSPS) is 13.0. The maximum Gasteiger partial charge on any atom is 0.328 e. The average molecular weight is 461 g/mol. The molecule has 0 heterocycles. The Kier molecular flexibility index (Phi) is 11.0. The lowest BCUT2D eigenvalue weighted by Gasteiger charge is -2.25. The van der Waals surface area contributed by atoms with Gasteiger partial charge in [-0.1, -0.05) is 50.9 Å². The van der Waals surface area contributed by atoms with Gasteiger partial charge in [0.2, 0.25) is 5.91 Å². The monoisotopic (exact) mass is 460 g/mol. The predicted octanol–water partition coefficient (Wildman–Crippen LogP) is 3.61. The van der Waals surface area contributed by atoms with Crippen LogP contribution in [0.15, 0.2) is 18.2 Å². The molecule has 0 radical (unpaired) electrons. The molecule has 2 unspecified atom stereocenters. The fourth-order valence-electron chi connectivity index (χ4n) is 2.66. The van der Waals surface area contributed by atoms with Gasteiger partial charge in [-0.2, -0.15) is 0 Å². The van der Waals surface area contributed by atoms with Crippen molar-refractivity contribution in [2.45, 2.75) is 53.1 Å². The van der Waals surface area contributed by atoms with E-state index in [1.165, 1.54) is 6.07 Å². The van der Waals surface area contributed by atoms with Gasteiger partial charge in [-0.25, -0.2) is 4.79 Å². The van der Waals surface area contributed by atoms with E-state index in [2.05, 4.69) is 10.6 Å². The second-order valence-corrected chi connectivity index (χ2v) is 8.44. The fraction of sp³-hybridized carbons (Fsp3) is 0.571. The van der Waals surface area contributed by atoms with E-state index in [0.717, 1.165) is 0 Å². The minimum absolute atomic E-state index is 0.132. The second kappa shape index (κ2) is 12.6. The Bertz CT molecular complexity index is 740. The molecule has 2 atom stereocenters. The van der Waals surface area contributed by atoms with Crippen LogP contribution < -0.4 is 15.4 Å². The molecule has 168 valence electrons. The highest BCUT2D eigenvalue weighted by molar-refractivity contribution is 6.35. The van der Waals surface area contributed by atoms with E-state index in [0.29, 0.717) is 17.2 Å². The zero-order chi connectivity index (χ0) is 22.8. The Hall–Kier alpha value is -1.99. The van der Waals surface area contributed by atoms with Gasteiger partial charge in [0.1, 0.15) is 17.8 Å². The summed E-state index contributed by atoms with van der Waals surface area (Å²) in [6, 6.07) is 3.04. The predicted molar refractivity (Wildman–Crippen MR) is 117 cm³/mol. The molecule has 0 fully saturated rings. The van der Waals surface area contributed by atoms with Gasteiger partial charge in [0.15, 0.2) is 6.61 Å². The first-order valence-electron chi connectivity index (χ1n) is 9.89. The summed E-state index contributed by atoms with van der Waals surface area (Å²) in [6.07, 6.45) is 0.396. The number of nitrogens with one attached hydrogen (secondary N) is 2. The van der Waals surface area contributed by atoms with Gasteiger partial charge in [0, 0.05) is 5.02 Å². The van der Waals surface area contributed by atoms with E-state index in [9.17, 15) is 14.4 Å². The first kappa shape index (κ1) is 26.0. The SMILES string of the molecule is CCOC(=O)C(NC(=O)C(CC(C)C)NC(=O)COc1ccc(Cl)cc1Cl)C(C)C. The average Bonchev–Trinajstić information content (AvgIpc) is 2.64. The largest absolute Gasteiger partial charge is 0.482 e. The number of amides is 2. The molecule has 1 aromatic carbocycles. The Balaban J connectivity index is 2.78. The van der Waals surface area contributed by atoms with Crippen molar-refractivity contribution in [1.29, 1.82) is 0 Å². The number of carbonyl (C=O) groups excluding carboxylic acids is 3. The lowest BCUT2D eigenvalue weighted by atomic mass is 10.0. The minimum atomic E-state index is -0.822. The summed E-state index contributed by atoms with van der Waals surface area (Å²) < 4.78 is 10.5. The van der Waals surface area contributed by atoms with Crippen molar-refractivity contribution in [1.82, 2.24) is 10.6 Å². The highest BCUT2D eigenvalue weighted by atomic mass is 35.5. The Labute approximate surface area is 187 Å². The molecule has 9 heteroatoms. The zero-order valence-corrected chi connectivity index (χ0v) is 19.5. The number of halogens is 2. The molecule has 2 amide bonds. The summed E-state index contributed by atoms with van der Waals surface area (Å²) >= 11 is 11.9. The third-order valence-electron chi connectivity index (χ3n) is 4.12. The van der Waals surface area contributed by atoms with Gasteiger partial charge in [0.25, 0.3) is 5.91 Å². The van der Waals surface area contributed by atoms with E-state index in [1.807, 2.05) is 27.7 Å². The molecule has 1 aromatic rings. The number of ether oxygens (including phenoxy) is 2. The van der Waals surface area contributed by atoms with Gasteiger partial charge in [-0.3, -0.25) is 9.59 Å². The molecule has 0 spiro atoms. The van der Waals surface area contributed by atoms with Gasteiger partial charge >= 0.3 is 5.97 Å². The highest BCUT2D eigenvalue weighted by Crippen LogP contribution is 2.27. The molecular formula is C21H30Cl2N2O5. The number of esters is 1. The minimum Gasteiger partial charge on any atom is -0.482 e. The smallest absolute Gasteiger partial charge is 0.328 e. The fourth-order valence-corrected chi connectivity index (χ4v) is 3.12. The number of carbonyl (C=O) groups is 3. The maximum atomic E-state index is 12.8. The molecule has 30 heavy (non-hydrogen) atoms. The van der Waals surface area contributed by atoms with Crippen LogP contribution in [0.3, 0.4) is 0 Å². The van der Waals surface area contributed by atoms with E-state index in [-0.39, 0.29) is 30.1 Å². The van der Waals surface area contributed by atoms with Crippen molar-refractivity contribution in [3.05, 3.63) is 28.2 Å². The molecule has 0 aliphatic rings. The van der Waals surface area contributed by atoms with E-state index in [4.69, 9.17) is 32.7 Å². The van der Waals surface area contributed by atoms with Crippen molar-refractivity contribution in [2.75, 3.05) is 13.2 Å². The highest BCUT2D eigenvalue weighted by Gasteiger charge is 2.30. The molecule has 0 saturated heterocycles. The molecule has 0 aliphatic heterocycles. The van der Waals surface area contributed by atoms with Gasteiger partial charge < -0.3 is 20.1 Å². The van der Waals surface area contributed by atoms with Crippen molar-refractivity contribution in [3.63, 3.8) is 0 Å². The second-order valence-electron chi connectivity index (χ2n) is 7.60. The van der Waals surface area contributed by atoms with Crippen LogP contribution in [0.5, 0.6) is 5.75 Å². The van der Waals surface area contributed by atoms with Crippen molar-refractivity contribution >= 4 is 41.0 Å². The zero-order valence-electron chi connectivity index (χ0n) is 18.0. The molecule has 0 aromatic heterocycles. The number of rotatable bonds is 11. The summed E-state index contributed by atoms with van der Waals surface area (Å²) in [5.74, 6) is -1.17. The first-order valence-corrected chi connectivity index (χ1v) is 10.6.